The number of fused-ring (bicyclic) bond motifs is 1. The predicted molar refractivity (Wildman–Crippen MR) is 64.8 cm³/mol. The molecule has 16 heavy (non-hydrogen) atoms. The predicted octanol–water partition coefficient (Wildman–Crippen LogP) is 0.965. The Bertz CT molecular complexity index is 361. The molecule has 2 N–H and O–H groups in total. The second-order valence-electron chi connectivity index (χ2n) is 4.44. The molecule has 0 saturated carbocycles. The van der Waals surface area contributed by atoms with E-state index in [4.69, 9.17) is 10.2 Å². The summed E-state index contributed by atoms with van der Waals surface area (Å²) in [5.74, 6) is 0. The molecule has 1 aliphatic rings. The average Bonchev–Trinajstić information content (AvgIpc) is 2.77. The normalized spacial score (nSPS) is 14.2. The van der Waals surface area contributed by atoms with Gasteiger partial charge in [0.05, 0.1) is 19.3 Å². The van der Waals surface area contributed by atoms with Gasteiger partial charge < -0.3 is 15.1 Å². The van der Waals surface area contributed by atoms with E-state index in [9.17, 15) is 0 Å². The van der Waals surface area contributed by atoms with Crippen molar-refractivity contribution >= 4 is 5.69 Å². The zero-order valence-electron chi connectivity index (χ0n) is 9.69. The number of anilines is 1. The van der Waals surface area contributed by atoms with Crippen molar-refractivity contribution in [3.8, 4) is 0 Å². The van der Waals surface area contributed by atoms with Gasteiger partial charge in [-0.05, 0) is 42.5 Å². The van der Waals surface area contributed by atoms with Gasteiger partial charge >= 0.3 is 0 Å². The summed E-state index contributed by atoms with van der Waals surface area (Å²) in [6, 6.07) is 6.21. The summed E-state index contributed by atoms with van der Waals surface area (Å²) in [5, 5.41) is 18.3. The fourth-order valence-corrected chi connectivity index (χ4v) is 2.29. The Morgan fingerprint density at radius 2 is 1.88 bits per heavy atom. The average molecular weight is 221 g/mol. The smallest absolute Gasteiger partial charge is 0.0748 e. The van der Waals surface area contributed by atoms with E-state index in [1.54, 1.807) is 0 Å². The van der Waals surface area contributed by atoms with Crippen molar-refractivity contribution in [1.82, 2.24) is 0 Å². The van der Waals surface area contributed by atoms with Crippen LogP contribution in [0.5, 0.6) is 0 Å². The van der Waals surface area contributed by atoms with Crippen LogP contribution >= 0.6 is 0 Å². The van der Waals surface area contributed by atoms with Gasteiger partial charge in [-0.25, -0.2) is 0 Å². The molecule has 0 unspecified atom stereocenters. The molecule has 1 aromatic carbocycles. The van der Waals surface area contributed by atoms with E-state index in [1.807, 2.05) is 11.9 Å². The second kappa shape index (κ2) is 4.85. The molecule has 3 heteroatoms. The van der Waals surface area contributed by atoms with Crippen LogP contribution in [0.2, 0.25) is 0 Å². The Morgan fingerprint density at radius 1 is 1.19 bits per heavy atom. The highest BCUT2D eigenvalue weighted by atomic mass is 16.3. The van der Waals surface area contributed by atoms with Crippen LogP contribution in [0.25, 0.3) is 0 Å². The summed E-state index contributed by atoms with van der Waals surface area (Å²) >= 11 is 0. The number of benzene rings is 1. The van der Waals surface area contributed by atoms with Gasteiger partial charge in [0.1, 0.15) is 0 Å². The van der Waals surface area contributed by atoms with E-state index in [-0.39, 0.29) is 19.3 Å². The minimum Gasteiger partial charge on any atom is -0.394 e. The number of aliphatic hydroxyl groups is 2. The third-order valence-corrected chi connectivity index (χ3v) is 3.46. The summed E-state index contributed by atoms with van der Waals surface area (Å²) in [6.45, 7) is -0.0475. The first-order valence-corrected chi connectivity index (χ1v) is 5.82. The minimum absolute atomic E-state index is 0.0237. The molecule has 3 nitrogen and oxygen atoms in total. The molecule has 0 radical (unpaired) electrons. The number of hydrogen-bond donors (Lipinski definition) is 2. The number of likely N-dealkylation sites (N-methyl/N-ethyl adjacent to an activating group) is 1. The molecule has 1 aromatic rings. The monoisotopic (exact) mass is 221 g/mol. The van der Waals surface area contributed by atoms with Crippen LogP contribution in [-0.2, 0) is 12.8 Å². The largest absolute Gasteiger partial charge is 0.394 e. The molecular formula is C13H19NO2. The van der Waals surface area contributed by atoms with E-state index in [0.29, 0.717) is 0 Å². The minimum atomic E-state index is -0.209. The highest BCUT2D eigenvalue weighted by Gasteiger charge is 2.16. The Morgan fingerprint density at radius 3 is 2.56 bits per heavy atom. The molecule has 0 bridgehead atoms. The number of aryl methyl sites for hydroxylation is 2. The topological polar surface area (TPSA) is 43.7 Å². The molecule has 1 aliphatic carbocycles. The third-order valence-electron chi connectivity index (χ3n) is 3.46. The highest BCUT2D eigenvalue weighted by molar-refractivity contribution is 5.52. The second-order valence-corrected chi connectivity index (χ2v) is 4.44. The zero-order valence-corrected chi connectivity index (χ0v) is 9.69. The first-order valence-electron chi connectivity index (χ1n) is 5.82. The van der Waals surface area contributed by atoms with Gasteiger partial charge in [-0.2, -0.15) is 0 Å². The van der Waals surface area contributed by atoms with Crippen molar-refractivity contribution < 1.29 is 10.2 Å². The summed E-state index contributed by atoms with van der Waals surface area (Å²) in [6.07, 6.45) is 3.58. The number of aliphatic hydroxyl groups excluding tert-OH is 2. The zero-order chi connectivity index (χ0) is 11.5. The van der Waals surface area contributed by atoms with Crippen molar-refractivity contribution in [3.63, 3.8) is 0 Å². The molecule has 0 fully saturated rings. The number of hydrogen-bond acceptors (Lipinski definition) is 3. The molecule has 0 aromatic heterocycles. The highest BCUT2D eigenvalue weighted by Crippen LogP contribution is 2.26. The maximum absolute atomic E-state index is 9.15. The lowest BCUT2D eigenvalue weighted by molar-refractivity contribution is 0.191. The first kappa shape index (κ1) is 11.4. The lowest BCUT2D eigenvalue weighted by Crippen LogP contribution is -2.37. The van der Waals surface area contributed by atoms with Gasteiger partial charge in [0.2, 0.25) is 0 Å². The van der Waals surface area contributed by atoms with Gasteiger partial charge in [-0.3, -0.25) is 0 Å². The molecule has 0 aliphatic heterocycles. The number of nitrogens with zero attached hydrogens (tertiary/aromatic N) is 1. The number of rotatable bonds is 4. The fraction of sp³-hybridized carbons (Fsp3) is 0.538. The third kappa shape index (κ3) is 2.06. The maximum atomic E-state index is 9.15. The van der Waals surface area contributed by atoms with Crippen LogP contribution in [0.1, 0.15) is 17.5 Å². The van der Waals surface area contributed by atoms with Crippen molar-refractivity contribution in [2.45, 2.75) is 25.3 Å². The van der Waals surface area contributed by atoms with Crippen molar-refractivity contribution in [2.75, 3.05) is 25.2 Å². The molecule has 2 rings (SSSR count). The van der Waals surface area contributed by atoms with Crippen LogP contribution in [-0.4, -0.2) is 36.5 Å². The molecular weight excluding hydrogens is 202 g/mol. The Balaban J connectivity index is 2.20. The van der Waals surface area contributed by atoms with Crippen molar-refractivity contribution in [2.24, 2.45) is 0 Å². The summed E-state index contributed by atoms with van der Waals surface area (Å²) < 4.78 is 0. The van der Waals surface area contributed by atoms with Gasteiger partial charge in [0, 0.05) is 12.7 Å². The molecule has 0 heterocycles. The van der Waals surface area contributed by atoms with Crippen molar-refractivity contribution in [3.05, 3.63) is 29.3 Å². The first-order chi connectivity index (χ1) is 7.76. The Labute approximate surface area is 96.3 Å². The summed E-state index contributed by atoms with van der Waals surface area (Å²) in [5.41, 5.74) is 3.94. The molecule has 88 valence electrons. The maximum Gasteiger partial charge on any atom is 0.0748 e. The van der Waals surface area contributed by atoms with Gasteiger partial charge in [0.15, 0.2) is 0 Å². The van der Waals surface area contributed by atoms with Crippen LogP contribution in [0.15, 0.2) is 18.2 Å². The lowest BCUT2D eigenvalue weighted by Gasteiger charge is -2.27. The van der Waals surface area contributed by atoms with Gasteiger partial charge in [0.25, 0.3) is 0 Å². The standard InChI is InChI=1S/C13H19NO2/c1-14(13(8-15)9-16)12-6-5-10-3-2-4-11(10)7-12/h5-7,13,15-16H,2-4,8-9H2,1H3. The van der Waals surface area contributed by atoms with E-state index >= 15 is 0 Å². The fourth-order valence-electron chi connectivity index (χ4n) is 2.29. The molecule has 0 atom stereocenters. The SMILES string of the molecule is CN(c1ccc2c(c1)CCC2)C(CO)CO. The van der Waals surface area contributed by atoms with Gasteiger partial charge in [-0.1, -0.05) is 6.07 Å². The van der Waals surface area contributed by atoms with Crippen LogP contribution < -0.4 is 4.90 Å². The van der Waals surface area contributed by atoms with E-state index < -0.39 is 0 Å². The van der Waals surface area contributed by atoms with E-state index in [0.717, 1.165) is 12.1 Å². The van der Waals surface area contributed by atoms with Crippen LogP contribution in [0, 0.1) is 0 Å². The van der Waals surface area contributed by atoms with E-state index in [1.165, 1.54) is 24.0 Å². The quantitative estimate of drug-likeness (QED) is 0.796. The summed E-state index contributed by atoms with van der Waals surface area (Å²) in [7, 11) is 1.91. The molecule has 0 amide bonds. The Kier molecular flexibility index (Phi) is 3.46. The van der Waals surface area contributed by atoms with Crippen LogP contribution in [0.3, 0.4) is 0 Å². The van der Waals surface area contributed by atoms with Crippen LogP contribution in [0.4, 0.5) is 5.69 Å². The summed E-state index contributed by atoms with van der Waals surface area (Å²) in [4.78, 5) is 1.94. The molecule has 0 spiro atoms. The molecule has 0 saturated heterocycles. The Hall–Kier alpha value is -1.06. The van der Waals surface area contributed by atoms with Gasteiger partial charge in [-0.15, -0.1) is 0 Å². The van der Waals surface area contributed by atoms with E-state index in [2.05, 4.69) is 18.2 Å². The lowest BCUT2D eigenvalue weighted by atomic mass is 10.1. The van der Waals surface area contributed by atoms with Crippen molar-refractivity contribution in [1.29, 1.82) is 0 Å².